The Bertz CT molecular complexity index is 1280. The summed E-state index contributed by atoms with van der Waals surface area (Å²) in [5, 5.41) is 0.990. The number of nitrogens with one attached hydrogen (secondary N) is 2. The molecule has 232 valence electrons. The fourth-order valence-electron chi connectivity index (χ4n) is 4.09. The molecule has 0 bridgehead atoms. The van der Waals surface area contributed by atoms with Crippen LogP contribution in [0.5, 0.6) is 0 Å². The van der Waals surface area contributed by atoms with Gasteiger partial charge in [0, 0.05) is 29.5 Å². The first-order chi connectivity index (χ1) is 19.6. The van der Waals surface area contributed by atoms with Gasteiger partial charge in [-0.3, -0.25) is 19.1 Å². The maximum absolute atomic E-state index is 14.9. The lowest BCUT2D eigenvalue weighted by Crippen LogP contribution is -2.57. The Kier molecular flexibility index (Phi) is 11.3. The molecule has 7 nitrogen and oxygen atoms in total. The summed E-state index contributed by atoms with van der Waals surface area (Å²) in [6, 6.07) is 5.85. The van der Waals surface area contributed by atoms with Crippen LogP contribution in [0.25, 0.3) is 0 Å². The third-order valence-electron chi connectivity index (χ3n) is 6.55. The summed E-state index contributed by atoms with van der Waals surface area (Å²) in [5.41, 5.74) is -2.51. The summed E-state index contributed by atoms with van der Waals surface area (Å²) >= 11 is 0.631. The van der Waals surface area contributed by atoms with E-state index in [0.717, 1.165) is 5.56 Å². The highest BCUT2D eigenvalue weighted by atomic mass is 32.2. The molecule has 0 aliphatic heterocycles. The van der Waals surface area contributed by atoms with Crippen molar-refractivity contribution in [1.82, 2.24) is 15.0 Å². The zero-order valence-corrected chi connectivity index (χ0v) is 24.3. The predicted octanol–water partition coefficient (Wildman–Crippen LogP) is 5.99. The number of aryl methyl sites for hydroxylation is 2. The molecule has 15 heteroatoms. The van der Waals surface area contributed by atoms with Gasteiger partial charge in [0.15, 0.2) is 11.3 Å². The molecule has 1 aliphatic carbocycles. The van der Waals surface area contributed by atoms with Crippen molar-refractivity contribution in [3.63, 3.8) is 0 Å². The number of hydrogen-bond acceptors (Lipinski definition) is 6. The van der Waals surface area contributed by atoms with Gasteiger partial charge in [0.25, 0.3) is 0 Å². The molecule has 2 atom stereocenters. The molecule has 0 spiro atoms. The normalized spacial score (nSPS) is 16.0. The maximum Gasteiger partial charge on any atom is 0.418 e. The predicted molar refractivity (Wildman–Crippen MR) is 145 cm³/mol. The van der Waals surface area contributed by atoms with Gasteiger partial charge in [0.05, 0.1) is 5.25 Å². The van der Waals surface area contributed by atoms with E-state index >= 15 is 0 Å². The van der Waals surface area contributed by atoms with E-state index in [0.29, 0.717) is 48.3 Å². The minimum Gasteiger partial charge on any atom is -0.336 e. The van der Waals surface area contributed by atoms with Crippen molar-refractivity contribution < 1.29 is 44.9 Å². The second-order valence-corrected chi connectivity index (χ2v) is 12.9. The first-order valence-electron chi connectivity index (χ1n) is 13.3. The summed E-state index contributed by atoms with van der Waals surface area (Å²) in [5.74, 6) is -3.28. The molecule has 2 aromatic rings. The van der Waals surface area contributed by atoms with Gasteiger partial charge >= 0.3 is 12.4 Å². The van der Waals surface area contributed by atoms with Gasteiger partial charge < -0.3 is 5.32 Å². The van der Waals surface area contributed by atoms with E-state index in [1.165, 1.54) is 18.3 Å². The Hall–Kier alpha value is -2.81. The SMILES string of the molecule is Cc1ccc(C(=O)CC(NC(=O)CC(=O)NS(=O)C2CC2)(c2ncc(CCCCCCC(F)(F)F)s2)C(F)(F)F)cc1. The maximum atomic E-state index is 14.9. The number of thiazole rings is 1. The lowest BCUT2D eigenvalue weighted by Gasteiger charge is -2.34. The second kappa shape index (κ2) is 14.1. The number of carbonyl (C=O) groups excluding carboxylic acids is 3. The molecule has 1 saturated carbocycles. The van der Waals surface area contributed by atoms with Gasteiger partial charge in [-0.25, -0.2) is 9.19 Å². The van der Waals surface area contributed by atoms with Crippen LogP contribution in [-0.2, 0) is 32.5 Å². The largest absolute Gasteiger partial charge is 0.418 e. The van der Waals surface area contributed by atoms with Gasteiger partial charge in [-0.15, -0.1) is 11.3 Å². The number of ketones is 1. The zero-order valence-electron chi connectivity index (χ0n) is 22.7. The van der Waals surface area contributed by atoms with E-state index in [2.05, 4.69) is 9.71 Å². The van der Waals surface area contributed by atoms with Crippen molar-refractivity contribution in [1.29, 1.82) is 0 Å². The van der Waals surface area contributed by atoms with Gasteiger partial charge in [-0.05, 0) is 39.0 Å². The monoisotopic (exact) mass is 639 g/mol. The number of nitrogens with zero attached hydrogens (tertiary/aromatic N) is 1. The summed E-state index contributed by atoms with van der Waals surface area (Å²) in [6.45, 7) is 1.74. The first kappa shape index (κ1) is 33.7. The van der Waals surface area contributed by atoms with Gasteiger partial charge in [-0.1, -0.05) is 42.7 Å². The van der Waals surface area contributed by atoms with Crippen molar-refractivity contribution in [2.45, 2.75) is 94.3 Å². The van der Waals surface area contributed by atoms with Crippen LogP contribution in [0.4, 0.5) is 26.3 Å². The number of rotatable bonds is 15. The molecule has 1 fully saturated rings. The fraction of sp³-hybridized carbons (Fsp3) is 0.556. The van der Waals surface area contributed by atoms with Crippen LogP contribution >= 0.6 is 11.3 Å². The molecule has 0 saturated heterocycles. The number of carbonyl (C=O) groups is 3. The number of alkyl halides is 6. The molecule has 2 amide bonds. The van der Waals surface area contributed by atoms with Crippen LogP contribution in [0.15, 0.2) is 30.5 Å². The highest BCUT2D eigenvalue weighted by Crippen LogP contribution is 2.44. The zero-order chi connectivity index (χ0) is 31.1. The molecular formula is C27H31F6N3O4S2. The van der Waals surface area contributed by atoms with Gasteiger partial charge in [0.1, 0.15) is 22.4 Å². The smallest absolute Gasteiger partial charge is 0.336 e. The Morgan fingerprint density at radius 3 is 2.21 bits per heavy atom. The number of hydrogen-bond donors (Lipinski definition) is 2. The second-order valence-electron chi connectivity index (χ2n) is 10.3. The quantitative estimate of drug-likeness (QED) is 0.108. The molecule has 2 unspecified atom stereocenters. The Balaban J connectivity index is 1.81. The van der Waals surface area contributed by atoms with Crippen molar-refractivity contribution in [3.05, 3.63) is 51.5 Å². The third kappa shape index (κ3) is 9.89. The van der Waals surface area contributed by atoms with Crippen molar-refractivity contribution in [2.75, 3.05) is 0 Å². The van der Waals surface area contributed by atoms with Crippen LogP contribution in [0.3, 0.4) is 0 Å². The molecule has 2 N–H and O–H groups in total. The molecule has 0 radical (unpaired) electrons. The van der Waals surface area contributed by atoms with Crippen LogP contribution < -0.4 is 10.0 Å². The standard InChI is InChI=1S/C27H31F6N3O4S2/c1-17-7-9-18(10-8-17)21(37)15-25(27(31,32)33,35-22(38)14-23(39)36-42(40)20-11-12-20)24-34-16-19(41-24)6-4-2-3-5-13-26(28,29)30/h7-10,16,20H,2-6,11-15H2,1H3,(H,35,38)(H,36,39). The number of aromatic nitrogens is 1. The topological polar surface area (TPSA) is 105 Å². The van der Waals surface area contributed by atoms with Crippen LogP contribution in [0.1, 0.15) is 83.6 Å². The van der Waals surface area contributed by atoms with Gasteiger partial charge in [-0.2, -0.15) is 26.3 Å². The summed E-state index contributed by atoms with van der Waals surface area (Å²) < 4.78 is 95.6. The Morgan fingerprint density at radius 2 is 1.62 bits per heavy atom. The highest BCUT2D eigenvalue weighted by molar-refractivity contribution is 7.84. The van der Waals surface area contributed by atoms with Crippen molar-refractivity contribution in [2.24, 2.45) is 0 Å². The first-order valence-corrected chi connectivity index (χ1v) is 15.3. The van der Waals surface area contributed by atoms with E-state index in [1.54, 1.807) is 19.1 Å². The van der Waals surface area contributed by atoms with E-state index in [1.807, 2.05) is 5.32 Å². The highest BCUT2D eigenvalue weighted by Gasteiger charge is 2.60. The summed E-state index contributed by atoms with van der Waals surface area (Å²) in [4.78, 5) is 42.4. The minimum absolute atomic E-state index is 0.0170. The molecule has 1 aliphatic rings. The molecular weight excluding hydrogens is 608 g/mol. The van der Waals surface area contributed by atoms with E-state index in [4.69, 9.17) is 0 Å². The molecule has 3 rings (SSSR count). The average Bonchev–Trinajstić information content (AvgIpc) is 3.62. The summed E-state index contributed by atoms with van der Waals surface area (Å²) in [7, 11) is -1.75. The number of benzene rings is 1. The molecule has 1 aromatic carbocycles. The van der Waals surface area contributed by atoms with Gasteiger partial charge in [0.2, 0.25) is 11.8 Å². The van der Waals surface area contributed by atoms with Crippen molar-refractivity contribution in [3.8, 4) is 0 Å². The van der Waals surface area contributed by atoms with Crippen molar-refractivity contribution >= 4 is 39.9 Å². The molecule has 1 aromatic heterocycles. The number of halogens is 6. The van der Waals surface area contributed by atoms with E-state index in [9.17, 15) is 44.9 Å². The van der Waals surface area contributed by atoms with Crippen LogP contribution in [0.2, 0.25) is 0 Å². The van der Waals surface area contributed by atoms with Crippen LogP contribution in [-0.4, -0.2) is 44.4 Å². The number of amides is 2. The average molecular weight is 640 g/mol. The Labute approximate surface area is 245 Å². The lowest BCUT2D eigenvalue weighted by molar-refractivity contribution is -0.202. The molecule has 1 heterocycles. The Morgan fingerprint density at radius 1 is 0.976 bits per heavy atom. The van der Waals surface area contributed by atoms with Crippen LogP contribution in [0, 0.1) is 6.92 Å². The number of unbranched alkanes of at least 4 members (excludes halogenated alkanes) is 3. The lowest BCUT2D eigenvalue weighted by atomic mass is 9.89. The fourth-order valence-corrected chi connectivity index (χ4v) is 6.23. The van der Waals surface area contributed by atoms with E-state index < -0.39 is 70.7 Å². The van der Waals surface area contributed by atoms with E-state index in [-0.39, 0.29) is 23.7 Å². The minimum atomic E-state index is -5.22. The molecule has 42 heavy (non-hydrogen) atoms. The number of Topliss-reactive ketones (excluding diaryl/α,β-unsaturated/α-hetero) is 1. The third-order valence-corrected chi connectivity index (χ3v) is 9.28. The summed E-state index contributed by atoms with van der Waals surface area (Å²) in [6.07, 6.45) is -8.90.